The first-order chi connectivity index (χ1) is 13.7. The second kappa shape index (κ2) is 9.14. The van der Waals surface area contributed by atoms with Gasteiger partial charge in [-0.3, -0.25) is 9.69 Å². The Kier molecular flexibility index (Phi) is 7.02. The third kappa shape index (κ3) is 5.01. The summed E-state index contributed by atoms with van der Waals surface area (Å²) in [7, 11) is -3.50. The summed E-state index contributed by atoms with van der Waals surface area (Å²) in [6.45, 7) is 9.90. The maximum Gasteiger partial charge on any atom is 0.243 e. The highest BCUT2D eigenvalue weighted by Gasteiger charge is 2.33. The Morgan fingerprint density at radius 2 is 1.76 bits per heavy atom. The lowest BCUT2D eigenvalue weighted by Gasteiger charge is -2.38. The van der Waals surface area contributed by atoms with E-state index in [4.69, 9.17) is 0 Å². The Labute approximate surface area is 175 Å². The summed E-state index contributed by atoms with van der Waals surface area (Å²) in [6.07, 6.45) is 4.66. The fourth-order valence-corrected chi connectivity index (χ4v) is 6.19. The zero-order chi connectivity index (χ0) is 21.2. The smallest absolute Gasteiger partial charge is 0.243 e. The molecular weight excluding hydrogens is 386 g/mol. The number of amides is 1. The lowest BCUT2D eigenvalue weighted by Crippen LogP contribution is -2.56. The molecule has 0 radical (unpaired) electrons. The lowest BCUT2D eigenvalue weighted by molar-refractivity contribution is -0.127. The first kappa shape index (κ1) is 22.2. The van der Waals surface area contributed by atoms with Gasteiger partial charge >= 0.3 is 0 Å². The van der Waals surface area contributed by atoms with E-state index in [1.54, 1.807) is 10.4 Å². The molecule has 1 N–H and O–H groups in total. The molecule has 1 aliphatic carbocycles. The van der Waals surface area contributed by atoms with E-state index in [0.717, 1.165) is 17.5 Å². The average molecular weight is 422 g/mol. The van der Waals surface area contributed by atoms with Crippen molar-refractivity contribution < 1.29 is 13.2 Å². The zero-order valence-electron chi connectivity index (χ0n) is 18.1. The SMILES string of the molecule is Cc1ccc(S(=O)(=O)N2CCN(C(C)C(=O)NC3CCCCC3C)CC2)c(C)c1. The van der Waals surface area contributed by atoms with Gasteiger partial charge in [-0.1, -0.05) is 37.5 Å². The predicted octanol–water partition coefficient (Wildman–Crippen LogP) is 2.69. The number of nitrogens with one attached hydrogen (secondary N) is 1. The van der Waals surface area contributed by atoms with Gasteiger partial charge in [0.1, 0.15) is 0 Å². The van der Waals surface area contributed by atoms with Crippen molar-refractivity contribution in [1.29, 1.82) is 0 Å². The average Bonchev–Trinajstić information content (AvgIpc) is 2.69. The Morgan fingerprint density at radius 3 is 2.38 bits per heavy atom. The van der Waals surface area contributed by atoms with Crippen LogP contribution < -0.4 is 5.32 Å². The molecule has 0 spiro atoms. The number of nitrogens with zero attached hydrogens (tertiary/aromatic N) is 2. The van der Waals surface area contributed by atoms with Gasteiger partial charge in [0.15, 0.2) is 0 Å². The normalized spacial score (nSPS) is 25.5. The van der Waals surface area contributed by atoms with Crippen LogP contribution in [-0.2, 0) is 14.8 Å². The zero-order valence-corrected chi connectivity index (χ0v) is 19.0. The van der Waals surface area contributed by atoms with Crippen molar-refractivity contribution in [2.24, 2.45) is 5.92 Å². The van der Waals surface area contributed by atoms with E-state index in [2.05, 4.69) is 17.1 Å². The summed E-state index contributed by atoms with van der Waals surface area (Å²) >= 11 is 0. The van der Waals surface area contributed by atoms with E-state index in [9.17, 15) is 13.2 Å². The minimum atomic E-state index is -3.50. The van der Waals surface area contributed by atoms with Crippen molar-refractivity contribution in [2.45, 2.75) is 70.4 Å². The summed E-state index contributed by atoms with van der Waals surface area (Å²) in [5.41, 5.74) is 1.83. The van der Waals surface area contributed by atoms with Gasteiger partial charge in [-0.05, 0) is 51.2 Å². The van der Waals surface area contributed by atoms with E-state index in [0.29, 0.717) is 37.0 Å². The molecule has 0 aromatic heterocycles. The number of carbonyl (C=O) groups excluding carboxylic acids is 1. The highest BCUT2D eigenvalue weighted by molar-refractivity contribution is 7.89. The van der Waals surface area contributed by atoms with Gasteiger partial charge in [0.25, 0.3) is 0 Å². The maximum atomic E-state index is 13.1. The van der Waals surface area contributed by atoms with Crippen LogP contribution in [0.15, 0.2) is 23.1 Å². The third-order valence-corrected chi connectivity index (χ3v) is 8.65. The Bertz CT molecular complexity index is 832. The van der Waals surface area contributed by atoms with Gasteiger partial charge in [-0.2, -0.15) is 4.31 Å². The molecule has 1 aromatic carbocycles. The van der Waals surface area contributed by atoms with Gasteiger partial charge in [0.05, 0.1) is 10.9 Å². The van der Waals surface area contributed by atoms with Crippen LogP contribution in [0.4, 0.5) is 0 Å². The molecule has 1 heterocycles. The van der Waals surface area contributed by atoms with Crippen LogP contribution in [0.2, 0.25) is 0 Å². The molecule has 1 saturated carbocycles. The molecule has 3 rings (SSSR count). The third-order valence-electron chi connectivity index (χ3n) is 6.59. The summed E-state index contributed by atoms with van der Waals surface area (Å²) in [6, 6.07) is 5.48. The van der Waals surface area contributed by atoms with E-state index >= 15 is 0 Å². The summed E-state index contributed by atoms with van der Waals surface area (Å²) in [4.78, 5) is 15.2. The molecule has 2 aliphatic rings. The first-order valence-electron chi connectivity index (χ1n) is 10.8. The quantitative estimate of drug-likeness (QED) is 0.794. The fourth-order valence-electron chi connectivity index (χ4n) is 4.56. The summed E-state index contributed by atoms with van der Waals surface area (Å²) < 4.78 is 27.7. The van der Waals surface area contributed by atoms with Crippen molar-refractivity contribution in [3.63, 3.8) is 0 Å². The minimum absolute atomic E-state index is 0.0643. The molecule has 1 aliphatic heterocycles. The second-order valence-electron chi connectivity index (χ2n) is 8.76. The number of hydrogen-bond donors (Lipinski definition) is 1. The van der Waals surface area contributed by atoms with E-state index in [1.807, 2.05) is 32.9 Å². The topological polar surface area (TPSA) is 69.7 Å². The number of carbonyl (C=O) groups is 1. The molecule has 1 amide bonds. The number of benzene rings is 1. The largest absolute Gasteiger partial charge is 0.352 e. The Balaban J connectivity index is 1.58. The molecule has 7 heteroatoms. The van der Waals surface area contributed by atoms with E-state index < -0.39 is 10.0 Å². The Morgan fingerprint density at radius 1 is 1.10 bits per heavy atom. The number of rotatable bonds is 5. The monoisotopic (exact) mass is 421 g/mol. The number of sulfonamides is 1. The van der Waals surface area contributed by atoms with Crippen LogP contribution in [0.5, 0.6) is 0 Å². The molecule has 3 unspecified atom stereocenters. The molecule has 1 saturated heterocycles. The summed E-state index contributed by atoms with van der Waals surface area (Å²) in [5, 5.41) is 3.23. The van der Waals surface area contributed by atoms with Crippen LogP contribution in [0.3, 0.4) is 0 Å². The summed E-state index contributed by atoms with van der Waals surface area (Å²) in [5.74, 6) is 0.592. The number of hydrogen-bond acceptors (Lipinski definition) is 4. The fraction of sp³-hybridized carbons (Fsp3) is 0.682. The lowest BCUT2D eigenvalue weighted by atomic mass is 9.86. The molecular formula is C22H35N3O3S. The van der Waals surface area contributed by atoms with Gasteiger partial charge in [0, 0.05) is 32.2 Å². The number of piperazine rings is 1. The van der Waals surface area contributed by atoms with Crippen LogP contribution in [-0.4, -0.2) is 61.8 Å². The van der Waals surface area contributed by atoms with Gasteiger partial charge in [0.2, 0.25) is 15.9 Å². The molecule has 29 heavy (non-hydrogen) atoms. The van der Waals surface area contributed by atoms with Crippen molar-refractivity contribution in [3.05, 3.63) is 29.3 Å². The minimum Gasteiger partial charge on any atom is -0.352 e. The van der Waals surface area contributed by atoms with Crippen molar-refractivity contribution in [1.82, 2.24) is 14.5 Å². The van der Waals surface area contributed by atoms with Crippen molar-refractivity contribution in [2.75, 3.05) is 26.2 Å². The highest BCUT2D eigenvalue weighted by atomic mass is 32.2. The van der Waals surface area contributed by atoms with Crippen LogP contribution in [0.1, 0.15) is 50.7 Å². The van der Waals surface area contributed by atoms with Crippen LogP contribution in [0, 0.1) is 19.8 Å². The van der Waals surface area contributed by atoms with Crippen LogP contribution >= 0.6 is 0 Å². The highest BCUT2D eigenvalue weighted by Crippen LogP contribution is 2.25. The standard InChI is InChI=1S/C22H35N3O3S/c1-16-9-10-21(18(3)15-16)29(27,28)25-13-11-24(12-14-25)19(4)22(26)23-20-8-6-5-7-17(20)2/h9-10,15,17,19-20H,5-8,11-14H2,1-4H3,(H,23,26). The molecule has 2 fully saturated rings. The molecule has 3 atom stereocenters. The second-order valence-corrected chi connectivity index (χ2v) is 10.7. The number of aryl methyl sites for hydroxylation is 2. The molecule has 162 valence electrons. The maximum absolute atomic E-state index is 13.1. The molecule has 0 bridgehead atoms. The van der Waals surface area contributed by atoms with Gasteiger partial charge in [-0.15, -0.1) is 0 Å². The predicted molar refractivity (Wildman–Crippen MR) is 115 cm³/mol. The molecule has 1 aromatic rings. The van der Waals surface area contributed by atoms with Gasteiger partial charge < -0.3 is 5.32 Å². The van der Waals surface area contributed by atoms with Crippen LogP contribution in [0.25, 0.3) is 0 Å². The first-order valence-corrected chi connectivity index (χ1v) is 12.3. The van der Waals surface area contributed by atoms with E-state index in [-0.39, 0.29) is 18.0 Å². The van der Waals surface area contributed by atoms with Crippen molar-refractivity contribution in [3.8, 4) is 0 Å². The van der Waals surface area contributed by atoms with Gasteiger partial charge in [-0.25, -0.2) is 8.42 Å². The van der Waals surface area contributed by atoms with Crippen molar-refractivity contribution >= 4 is 15.9 Å². The molecule has 6 nitrogen and oxygen atoms in total. The Hall–Kier alpha value is -1.44. The van der Waals surface area contributed by atoms with E-state index in [1.165, 1.54) is 19.3 Å².